The molecule has 8 rings (SSSR count). The van der Waals surface area contributed by atoms with Gasteiger partial charge in [0.1, 0.15) is 0 Å². The van der Waals surface area contributed by atoms with E-state index in [1.807, 2.05) is 77.7 Å². The van der Waals surface area contributed by atoms with Gasteiger partial charge < -0.3 is 43.3 Å². The van der Waals surface area contributed by atoms with Crippen LogP contribution in [0.25, 0.3) is 22.8 Å². The van der Waals surface area contributed by atoms with Crippen molar-refractivity contribution in [1.29, 1.82) is 0 Å². The fourth-order valence-corrected chi connectivity index (χ4v) is 7.59. The molecule has 0 aliphatic carbocycles. The van der Waals surface area contributed by atoms with Crippen LogP contribution in [0.3, 0.4) is 0 Å². The first kappa shape index (κ1) is 47.7. The Morgan fingerprint density at radius 2 is 1.02 bits per heavy atom. The normalized spacial score (nSPS) is 14.2. The van der Waals surface area contributed by atoms with E-state index in [4.69, 9.17) is 33.1 Å². The van der Waals surface area contributed by atoms with Crippen molar-refractivity contribution in [2.45, 2.75) is 77.0 Å². The number of carboxylic acid groups (broad SMARTS) is 1. The number of hydrogen-bond donors (Lipinski definition) is 2. The molecule has 2 fully saturated rings. The number of carbonyl (C=O) groups excluding carboxylic acids is 1. The van der Waals surface area contributed by atoms with Gasteiger partial charge in [0.25, 0.3) is 5.91 Å². The Kier molecular flexibility index (Phi) is 16.7. The van der Waals surface area contributed by atoms with Crippen LogP contribution in [0.1, 0.15) is 121 Å². The van der Waals surface area contributed by atoms with Crippen LogP contribution in [0.4, 0.5) is 0 Å². The Balaban J connectivity index is 0.000000181. The lowest BCUT2D eigenvalue weighted by Crippen LogP contribution is -2.38. The molecule has 0 saturated carbocycles. The predicted octanol–water partition coefficient (Wildman–Crippen LogP) is 9.63. The SMILES string of the molecule is CC(C)c1ccc(C(=O)O)cc1.COc1ccc(-c2noc(C3CCN(C(=O)c4ccc(C(C)C)cc4)CC3)n2)cc1OC.COc1ccc(-c2noc(C3CCNCC3)n2)cc1OC. The third-order valence-corrected chi connectivity index (χ3v) is 11.6. The van der Waals surface area contributed by atoms with E-state index in [1.54, 1.807) is 40.6 Å². The van der Waals surface area contributed by atoms with Crippen molar-refractivity contribution in [1.82, 2.24) is 30.5 Å². The Morgan fingerprint density at radius 3 is 1.42 bits per heavy atom. The summed E-state index contributed by atoms with van der Waals surface area (Å²) in [7, 11) is 6.41. The highest BCUT2D eigenvalue weighted by Gasteiger charge is 2.29. The number of benzene rings is 4. The number of amides is 1. The Labute approximate surface area is 380 Å². The number of carboxylic acids is 1. The minimum atomic E-state index is -0.870. The van der Waals surface area contributed by atoms with Gasteiger partial charge in [0.05, 0.1) is 34.0 Å². The number of nitrogens with one attached hydrogen (secondary N) is 1. The van der Waals surface area contributed by atoms with Gasteiger partial charge in [0, 0.05) is 41.6 Å². The van der Waals surface area contributed by atoms with E-state index in [9.17, 15) is 9.59 Å². The molecule has 0 radical (unpaired) electrons. The zero-order valence-corrected chi connectivity index (χ0v) is 38.5. The summed E-state index contributed by atoms with van der Waals surface area (Å²) in [6.07, 6.45) is 3.66. The minimum absolute atomic E-state index is 0.0790. The smallest absolute Gasteiger partial charge is 0.335 e. The second-order valence-electron chi connectivity index (χ2n) is 16.5. The van der Waals surface area contributed by atoms with Gasteiger partial charge in [-0.3, -0.25) is 4.79 Å². The zero-order valence-electron chi connectivity index (χ0n) is 38.5. The average molecular weight is 889 g/mol. The number of ether oxygens (including phenoxy) is 4. The molecule has 0 atom stereocenters. The molecule has 6 aromatic rings. The van der Waals surface area contributed by atoms with E-state index in [-0.39, 0.29) is 11.8 Å². The van der Waals surface area contributed by atoms with Crippen LogP contribution >= 0.6 is 0 Å². The number of piperidine rings is 2. The van der Waals surface area contributed by atoms with Crippen molar-refractivity contribution < 1.29 is 42.7 Å². The number of carbonyl (C=O) groups is 2. The van der Waals surface area contributed by atoms with Crippen molar-refractivity contribution in [2.75, 3.05) is 54.6 Å². The highest BCUT2D eigenvalue weighted by molar-refractivity contribution is 5.94. The van der Waals surface area contributed by atoms with Crippen LogP contribution in [0.15, 0.2) is 94.0 Å². The van der Waals surface area contributed by atoms with Gasteiger partial charge in [-0.2, -0.15) is 9.97 Å². The monoisotopic (exact) mass is 888 g/mol. The van der Waals surface area contributed by atoms with E-state index in [1.165, 1.54) is 11.1 Å². The van der Waals surface area contributed by atoms with Gasteiger partial charge in [-0.15, -0.1) is 0 Å². The standard InChI is InChI=1S/C25H29N3O4.C15H19N3O3.C10H12O2/c1-16(2)17-5-7-19(8-6-17)25(29)28-13-11-18(12-14-28)24-26-23(27-32-24)20-9-10-21(30-3)22(15-20)31-4;1-19-12-4-3-11(9-13(12)20-2)14-17-15(21-18-14)10-5-7-16-8-6-10;1-7(2)8-3-5-9(6-4-8)10(11)12/h5-10,15-16,18H,11-14H2,1-4H3;3-4,9-10,16H,5-8H2,1-2H3;3-7H,1-2H3,(H,11,12). The fourth-order valence-electron chi connectivity index (χ4n) is 7.59. The molecule has 1 amide bonds. The summed E-state index contributed by atoms with van der Waals surface area (Å²) in [5.74, 6) is 5.66. The molecule has 2 N–H and O–H groups in total. The van der Waals surface area contributed by atoms with E-state index in [0.29, 0.717) is 76.9 Å². The maximum Gasteiger partial charge on any atom is 0.335 e. The first-order chi connectivity index (χ1) is 31.4. The molecule has 4 heterocycles. The molecule has 344 valence electrons. The van der Waals surface area contributed by atoms with Crippen LogP contribution in [0, 0.1) is 0 Å². The lowest BCUT2D eigenvalue weighted by Gasteiger charge is -2.30. The van der Waals surface area contributed by atoms with Crippen LogP contribution in [-0.4, -0.2) is 96.8 Å². The maximum atomic E-state index is 12.9. The molecular weight excluding hydrogens is 829 g/mol. The highest BCUT2D eigenvalue weighted by Crippen LogP contribution is 2.35. The lowest BCUT2D eigenvalue weighted by molar-refractivity contribution is 0.0691. The van der Waals surface area contributed by atoms with Crippen LogP contribution in [0.5, 0.6) is 23.0 Å². The lowest BCUT2D eigenvalue weighted by atomic mass is 9.96. The zero-order chi connectivity index (χ0) is 46.5. The van der Waals surface area contributed by atoms with Crippen molar-refractivity contribution >= 4 is 11.9 Å². The molecule has 15 heteroatoms. The second kappa shape index (κ2) is 22.7. The van der Waals surface area contributed by atoms with Gasteiger partial charge >= 0.3 is 5.97 Å². The number of hydrogen-bond acceptors (Lipinski definition) is 13. The van der Waals surface area contributed by atoms with E-state index < -0.39 is 5.97 Å². The van der Waals surface area contributed by atoms with Crippen LogP contribution in [-0.2, 0) is 0 Å². The van der Waals surface area contributed by atoms with Gasteiger partial charge in [0.15, 0.2) is 23.0 Å². The van der Waals surface area contributed by atoms with Crippen LogP contribution < -0.4 is 24.3 Å². The average Bonchev–Trinajstić information content (AvgIpc) is 4.06. The molecular formula is C50H60N6O9. The number of methoxy groups -OCH3 is 4. The van der Waals surface area contributed by atoms with Gasteiger partial charge in [-0.25, -0.2) is 4.79 Å². The van der Waals surface area contributed by atoms with E-state index in [2.05, 4.69) is 53.3 Å². The Hall–Kier alpha value is -6.74. The second-order valence-corrected chi connectivity index (χ2v) is 16.5. The molecule has 2 aromatic heterocycles. The van der Waals surface area contributed by atoms with Crippen molar-refractivity contribution in [3.8, 4) is 45.8 Å². The third kappa shape index (κ3) is 12.3. The fraction of sp³-hybridized carbons (Fsp3) is 0.400. The molecule has 65 heavy (non-hydrogen) atoms. The van der Waals surface area contributed by atoms with E-state index >= 15 is 0 Å². The van der Waals surface area contributed by atoms with Crippen molar-refractivity contribution in [2.24, 2.45) is 0 Å². The largest absolute Gasteiger partial charge is 0.493 e. The number of rotatable bonds is 12. The number of aromatic carboxylic acids is 1. The summed E-state index contributed by atoms with van der Waals surface area (Å²) in [6.45, 7) is 11.8. The molecule has 0 unspecified atom stereocenters. The molecule has 15 nitrogen and oxygen atoms in total. The summed E-state index contributed by atoms with van der Waals surface area (Å²) in [4.78, 5) is 34.4. The number of likely N-dealkylation sites (tertiary alicyclic amines) is 1. The third-order valence-electron chi connectivity index (χ3n) is 11.6. The highest BCUT2D eigenvalue weighted by atomic mass is 16.5. The molecule has 0 spiro atoms. The summed E-state index contributed by atoms with van der Waals surface area (Å²) in [5.41, 5.74) is 5.15. The van der Waals surface area contributed by atoms with E-state index in [0.717, 1.165) is 61.4 Å². The molecule has 2 aliphatic rings. The number of nitrogens with zero attached hydrogens (tertiary/aromatic N) is 5. The van der Waals surface area contributed by atoms with Gasteiger partial charge in [-0.1, -0.05) is 62.3 Å². The van der Waals surface area contributed by atoms with Crippen LogP contribution in [0.2, 0.25) is 0 Å². The minimum Gasteiger partial charge on any atom is -0.493 e. The molecule has 4 aromatic carbocycles. The van der Waals surface area contributed by atoms with Gasteiger partial charge in [-0.05, 0) is 122 Å². The summed E-state index contributed by atoms with van der Waals surface area (Å²) < 4.78 is 32.2. The molecule has 2 saturated heterocycles. The van der Waals surface area contributed by atoms with Crippen molar-refractivity contribution in [3.63, 3.8) is 0 Å². The predicted molar refractivity (Wildman–Crippen MR) is 246 cm³/mol. The maximum absolute atomic E-state index is 12.9. The summed E-state index contributed by atoms with van der Waals surface area (Å²) >= 11 is 0. The summed E-state index contributed by atoms with van der Waals surface area (Å²) in [6, 6.07) is 26.1. The summed E-state index contributed by atoms with van der Waals surface area (Å²) in [5, 5.41) is 20.2. The molecule has 2 aliphatic heterocycles. The first-order valence-electron chi connectivity index (χ1n) is 22.0. The number of aromatic nitrogens is 4. The first-order valence-corrected chi connectivity index (χ1v) is 22.0. The quantitative estimate of drug-likeness (QED) is 0.118. The Morgan fingerprint density at radius 1 is 0.600 bits per heavy atom. The molecule has 0 bridgehead atoms. The topological polar surface area (TPSA) is 184 Å². The Bertz CT molecular complexity index is 2450. The van der Waals surface area contributed by atoms with Gasteiger partial charge in [0.2, 0.25) is 23.4 Å². The van der Waals surface area contributed by atoms with Crippen molar-refractivity contribution in [3.05, 3.63) is 119 Å².